The quantitative estimate of drug-likeness (QED) is 0.846. The molecule has 1 fully saturated rings. The number of benzene rings is 1. The van der Waals surface area contributed by atoms with Gasteiger partial charge in [-0.1, -0.05) is 6.92 Å². The third kappa shape index (κ3) is 3.56. The second-order valence-electron chi connectivity index (χ2n) is 5.24. The third-order valence-corrected chi connectivity index (χ3v) is 3.73. The van der Waals surface area contributed by atoms with Gasteiger partial charge < -0.3 is 10.1 Å². The predicted octanol–water partition coefficient (Wildman–Crippen LogP) is 2.48. The monoisotopic (exact) mass is 302 g/mol. The highest BCUT2D eigenvalue weighted by molar-refractivity contribution is 5.25. The Hall–Kier alpha value is -1.11. The number of rotatable bonds is 5. The maximum Gasteiger partial charge on any atom is 0.161 e. The van der Waals surface area contributed by atoms with Crippen molar-refractivity contribution in [1.82, 2.24) is 10.2 Å². The van der Waals surface area contributed by atoms with E-state index in [9.17, 15) is 13.2 Å². The molecule has 1 aliphatic rings. The van der Waals surface area contributed by atoms with Crippen LogP contribution in [-0.2, 0) is 4.74 Å². The Labute approximate surface area is 123 Å². The summed E-state index contributed by atoms with van der Waals surface area (Å²) < 4.78 is 46.5. The fraction of sp³-hybridized carbons (Fsp3) is 0.600. The van der Waals surface area contributed by atoms with E-state index in [1.807, 2.05) is 6.92 Å². The molecule has 0 bridgehead atoms. The number of hydrogen-bond acceptors (Lipinski definition) is 3. The van der Waals surface area contributed by atoms with Crippen LogP contribution in [0.25, 0.3) is 0 Å². The van der Waals surface area contributed by atoms with Gasteiger partial charge in [-0.05, 0) is 26.1 Å². The number of hydrogen-bond donors (Lipinski definition) is 1. The lowest BCUT2D eigenvalue weighted by atomic mass is 9.96. The van der Waals surface area contributed by atoms with Gasteiger partial charge in [0.15, 0.2) is 11.6 Å². The van der Waals surface area contributed by atoms with Crippen molar-refractivity contribution in [3.8, 4) is 0 Å². The van der Waals surface area contributed by atoms with Crippen molar-refractivity contribution in [2.24, 2.45) is 0 Å². The van der Waals surface area contributed by atoms with E-state index in [1.165, 1.54) is 0 Å². The standard InChI is InChI=1S/C15H21F3N2O/c1-3-4-20-5-6-21-14(9-19-2)15(20)10-7-12(17)13(18)8-11(10)16/h7-8,14-15,19H,3-6,9H2,1-2H3. The summed E-state index contributed by atoms with van der Waals surface area (Å²) in [5, 5.41) is 3.00. The summed E-state index contributed by atoms with van der Waals surface area (Å²) in [5.41, 5.74) is 0.155. The molecule has 2 unspecified atom stereocenters. The molecule has 1 saturated heterocycles. The average molecular weight is 302 g/mol. The Morgan fingerprint density at radius 2 is 1.95 bits per heavy atom. The van der Waals surface area contributed by atoms with E-state index in [-0.39, 0.29) is 11.7 Å². The van der Waals surface area contributed by atoms with Crippen LogP contribution in [-0.4, -0.2) is 44.3 Å². The number of likely N-dealkylation sites (N-methyl/N-ethyl adjacent to an activating group) is 1. The maximum atomic E-state index is 14.1. The zero-order valence-corrected chi connectivity index (χ0v) is 12.3. The molecule has 1 N–H and O–H groups in total. The fourth-order valence-electron chi connectivity index (χ4n) is 2.86. The molecular weight excluding hydrogens is 281 g/mol. The van der Waals surface area contributed by atoms with E-state index in [0.29, 0.717) is 25.8 Å². The van der Waals surface area contributed by atoms with Crippen molar-refractivity contribution < 1.29 is 17.9 Å². The van der Waals surface area contributed by atoms with Gasteiger partial charge in [0.1, 0.15) is 5.82 Å². The molecule has 2 rings (SSSR count). The molecule has 0 spiro atoms. The molecule has 2 atom stereocenters. The van der Waals surface area contributed by atoms with Crippen LogP contribution in [0, 0.1) is 17.5 Å². The minimum atomic E-state index is -1.17. The molecule has 0 aliphatic carbocycles. The smallest absolute Gasteiger partial charge is 0.161 e. The van der Waals surface area contributed by atoms with E-state index < -0.39 is 23.5 Å². The number of nitrogens with zero attached hydrogens (tertiary/aromatic N) is 1. The Bertz CT molecular complexity index is 466. The molecule has 0 saturated carbocycles. The first-order valence-corrected chi connectivity index (χ1v) is 7.23. The predicted molar refractivity (Wildman–Crippen MR) is 74.6 cm³/mol. The van der Waals surface area contributed by atoms with Crippen LogP contribution < -0.4 is 5.32 Å². The van der Waals surface area contributed by atoms with Gasteiger partial charge in [-0.25, -0.2) is 13.2 Å². The molecule has 1 heterocycles. The highest BCUT2D eigenvalue weighted by atomic mass is 19.2. The maximum absolute atomic E-state index is 14.1. The fourth-order valence-corrected chi connectivity index (χ4v) is 2.86. The van der Waals surface area contributed by atoms with E-state index in [2.05, 4.69) is 10.2 Å². The topological polar surface area (TPSA) is 24.5 Å². The minimum Gasteiger partial charge on any atom is -0.374 e. The third-order valence-electron chi connectivity index (χ3n) is 3.73. The molecular formula is C15H21F3N2O. The molecule has 21 heavy (non-hydrogen) atoms. The van der Waals surface area contributed by atoms with Gasteiger partial charge in [0.2, 0.25) is 0 Å². The molecule has 0 aromatic heterocycles. The van der Waals surface area contributed by atoms with Gasteiger partial charge in [0.25, 0.3) is 0 Å². The van der Waals surface area contributed by atoms with Gasteiger partial charge in [-0.2, -0.15) is 0 Å². The Morgan fingerprint density at radius 3 is 2.62 bits per heavy atom. The van der Waals surface area contributed by atoms with Crippen molar-refractivity contribution in [2.75, 3.05) is 33.3 Å². The molecule has 1 aliphatic heterocycles. The molecule has 6 heteroatoms. The zero-order chi connectivity index (χ0) is 15.4. The summed E-state index contributed by atoms with van der Waals surface area (Å²) in [6.45, 7) is 4.50. The summed E-state index contributed by atoms with van der Waals surface area (Å²) >= 11 is 0. The van der Waals surface area contributed by atoms with Crippen molar-refractivity contribution in [1.29, 1.82) is 0 Å². The Kier molecular flexibility index (Phi) is 5.61. The first-order valence-electron chi connectivity index (χ1n) is 7.23. The van der Waals surface area contributed by atoms with E-state index in [4.69, 9.17) is 4.74 Å². The molecule has 0 amide bonds. The zero-order valence-electron chi connectivity index (χ0n) is 12.3. The summed E-state index contributed by atoms with van der Waals surface area (Å²) in [6.07, 6.45) is 0.600. The summed E-state index contributed by atoms with van der Waals surface area (Å²) in [4.78, 5) is 2.07. The van der Waals surface area contributed by atoms with E-state index >= 15 is 0 Å². The van der Waals surface area contributed by atoms with Gasteiger partial charge in [0.05, 0.1) is 18.8 Å². The number of halogens is 3. The number of nitrogens with one attached hydrogen (secondary N) is 1. The molecule has 1 aromatic rings. The van der Waals surface area contributed by atoms with Crippen LogP contribution in [0.5, 0.6) is 0 Å². The van der Waals surface area contributed by atoms with Crippen LogP contribution in [0.15, 0.2) is 12.1 Å². The van der Waals surface area contributed by atoms with E-state index in [0.717, 1.165) is 19.0 Å². The minimum absolute atomic E-state index is 0.155. The van der Waals surface area contributed by atoms with Crippen LogP contribution in [0.3, 0.4) is 0 Å². The largest absolute Gasteiger partial charge is 0.374 e. The van der Waals surface area contributed by atoms with Gasteiger partial charge >= 0.3 is 0 Å². The van der Waals surface area contributed by atoms with Gasteiger partial charge in [0, 0.05) is 24.7 Å². The van der Waals surface area contributed by atoms with Crippen molar-refractivity contribution >= 4 is 0 Å². The molecule has 118 valence electrons. The van der Waals surface area contributed by atoms with Crippen LogP contribution in [0.2, 0.25) is 0 Å². The summed E-state index contributed by atoms with van der Waals surface area (Å²) in [5.74, 6) is -2.93. The second-order valence-corrected chi connectivity index (χ2v) is 5.24. The first kappa shape index (κ1) is 16.3. The normalized spacial score (nSPS) is 23.5. The second kappa shape index (κ2) is 7.24. The van der Waals surface area contributed by atoms with Crippen molar-refractivity contribution in [3.63, 3.8) is 0 Å². The molecule has 1 aromatic carbocycles. The molecule has 0 radical (unpaired) electrons. The Morgan fingerprint density at radius 1 is 1.24 bits per heavy atom. The van der Waals surface area contributed by atoms with Gasteiger partial charge in [-0.15, -0.1) is 0 Å². The number of ether oxygens (including phenoxy) is 1. The summed E-state index contributed by atoms with van der Waals surface area (Å²) in [7, 11) is 1.78. The van der Waals surface area contributed by atoms with Crippen LogP contribution in [0.4, 0.5) is 13.2 Å². The van der Waals surface area contributed by atoms with E-state index in [1.54, 1.807) is 7.05 Å². The molecule has 3 nitrogen and oxygen atoms in total. The Balaban J connectivity index is 2.39. The highest BCUT2D eigenvalue weighted by Gasteiger charge is 2.35. The van der Waals surface area contributed by atoms with Crippen LogP contribution >= 0.6 is 0 Å². The number of morpholine rings is 1. The average Bonchev–Trinajstić information content (AvgIpc) is 2.44. The van der Waals surface area contributed by atoms with Crippen LogP contribution in [0.1, 0.15) is 24.9 Å². The van der Waals surface area contributed by atoms with Crippen molar-refractivity contribution in [3.05, 3.63) is 35.1 Å². The lowest BCUT2D eigenvalue weighted by Gasteiger charge is -2.41. The first-order chi connectivity index (χ1) is 10.1. The highest BCUT2D eigenvalue weighted by Crippen LogP contribution is 2.32. The summed E-state index contributed by atoms with van der Waals surface area (Å²) in [6, 6.07) is 1.15. The van der Waals surface area contributed by atoms with Gasteiger partial charge in [-0.3, -0.25) is 4.90 Å². The SMILES string of the molecule is CCCN1CCOC(CNC)C1c1cc(F)c(F)cc1F. The lowest BCUT2D eigenvalue weighted by Crippen LogP contribution is -2.49. The lowest BCUT2D eigenvalue weighted by molar-refractivity contribution is -0.0715. The van der Waals surface area contributed by atoms with Crippen molar-refractivity contribution in [2.45, 2.75) is 25.5 Å².